The lowest BCUT2D eigenvalue weighted by Crippen LogP contribution is -2.05. The SMILES string of the molecule is CC(=O)Nc1ccc(-c2cnc(N)[nH]2)cc1. The highest BCUT2D eigenvalue weighted by molar-refractivity contribution is 5.88. The van der Waals surface area contributed by atoms with E-state index in [1.54, 1.807) is 6.20 Å². The second-order valence-corrected chi connectivity index (χ2v) is 3.44. The van der Waals surface area contributed by atoms with Gasteiger partial charge in [-0.3, -0.25) is 4.79 Å². The molecule has 0 unspecified atom stereocenters. The Bertz CT molecular complexity index is 501. The molecule has 0 spiro atoms. The molecule has 0 radical (unpaired) electrons. The van der Waals surface area contributed by atoms with Crippen molar-refractivity contribution < 1.29 is 4.79 Å². The van der Waals surface area contributed by atoms with E-state index in [1.807, 2.05) is 24.3 Å². The van der Waals surface area contributed by atoms with Crippen molar-refractivity contribution in [2.75, 3.05) is 11.1 Å². The van der Waals surface area contributed by atoms with Crippen molar-refractivity contribution in [1.29, 1.82) is 0 Å². The number of imidazole rings is 1. The van der Waals surface area contributed by atoms with Gasteiger partial charge < -0.3 is 16.0 Å². The molecule has 0 aliphatic carbocycles. The number of nitrogens with two attached hydrogens (primary N) is 1. The quantitative estimate of drug-likeness (QED) is 0.713. The first-order valence-electron chi connectivity index (χ1n) is 4.83. The number of H-pyrrole nitrogens is 1. The molecule has 2 aromatic rings. The molecule has 82 valence electrons. The summed E-state index contributed by atoms with van der Waals surface area (Å²) in [5, 5.41) is 2.70. The molecule has 4 N–H and O–H groups in total. The number of rotatable bonds is 2. The number of hydrogen-bond donors (Lipinski definition) is 3. The van der Waals surface area contributed by atoms with Gasteiger partial charge in [-0.15, -0.1) is 0 Å². The van der Waals surface area contributed by atoms with Gasteiger partial charge in [-0.25, -0.2) is 4.98 Å². The first kappa shape index (κ1) is 10.2. The van der Waals surface area contributed by atoms with E-state index in [-0.39, 0.29) is 5.91 Å². The molecule has 0 fully saturated rings. The van der Waals surface area contributed by atoms with E-state index in [0.29, 0.717) is 5.95 Å². The van der Waals surface area contributed by atoms with Gasteiger partial charge in [0.2, 0.25) is 5.91 Å². The molecule has 0 bridgehead atoms. The Kier molecular flexibility index (Phi) is 2.59. The fourth-order valence-electron chi connectivity index (χ4n) is 1.42. The van der Waals surface area contributed by atoms with Crippen LogP contribution in [0.3, 0.4) is 0 Å². The third-order valence-corrected chi connectivity index (χ3v) is 2.11. The number of benzene rings is 1. The first-order chi connectivity index (χ1) is 7.65. The van der Waals surface area contributed by atoms with E-state index in [0.717, 1.165) is 16.9 Å². The summed E-state index contributed by atoms with van der Waals surface area (Å²) < 4.78 is 0. The van der Waals surface area contributed by atoms with Crippen LogP contribution in [0.2, 0.25) is 0 Å². The predicted molar refractivity (Wildman–Crippen MR) is 62.7 cm³/mol. The van der Waals surface area contributed by atoms with Gasteiger partial charge in [-0.1, -0.05) is 12.1 Å². The van der Waals surface area contributed by atoms with E-state index in [9.17, 15) is 4.79 Å². The van der Waals surface area contributed by atoms with Gasteiger partial charge in [0.15, 0.2) is 5.95 Å². The molecule has 16 heavy (non-hydrogen) atoms. The number of anilines is 2. The van der Waals surface area contributed by atoms with E-state index >= 15 is 0 Å². The van der Waals surface area contributed by atoms with Gasteiger partial charge in [0, 0.05) is 12.6 Å². The molecule has 1 heterocycles. The van der Waals surface area contributed by atoms with Gasteiger partial charge in [0.1, 0.15) is 0 Å². The molecule has 0 aliphatic rings. The summed E-state index contributed by atoms with van der Waals surface area (Å²) in [4.78, 5) is 17.7. The molecular weight excluding hydrogens is 204 g/mol. The third kappa shape index (κ3) is 2.20. The van der Waals surface area contributed by atoms with Crippen LogP contribution in [-0.2, 0) is 4.79 Å². The molecule has 0 saturated heterocycles. The fourth-order valence-corrected chi connectivity index (χ4v) is 1.42. The maximum absolute atomic E-state index is 10.8. The Morgan fingerprint density at radius 2 is 2.06 bits per heavy atom. The van der Waals surface area contributed by atoms with Crippen molar-refractivity contribution in [1.82, 2.24) is 9.97 Å². The number of nitrogens with zero attached hydrogens (tertiary/aromatic N) is 1. The molecule has 1 amide bonds. The zero-order valence-electron chi connectivity index (χ0n) is 8.82. The van der Waals surface area contributed by atoms with Crippen LogP contribution in [0.4, 0.5) is 11.6 Å². The number of carbonyl (C=O) groups excluding carboxylic acids is 1. The second kappa shape index (κ2) is 4.06. The maximum atomic E-state index is 10.8. The van der Waals surface area contributed by atoms with Crippen LogP contribution in [0.5, 0.6) is 0 Å². The maximum Gasteiger partial charge on any atom is 0.221 e. The van der Waals surface area contributed by atoms with E-state index in [1.165, 1.54) is 6.92 Å². The average Bonchev–Trinajstić information content (AvgIpc) is 2.65. The number of nitrogens with one attached hydrogen (secondary N) is 2. The summed E-state index contributed by atoms with van der Waals surface area (Å²) in [5.74, 6) is 0.305. The zero-order valence-corrected chi connectivity index (χ0v) is 8.82. The lowest BCUT2D eigenvalue weighted by molar-refractivity contribution is -0.114. The summed E-state index contributed by atoms with van der Waals surface area (Å²) >= 11 is 0. The van der Waals surface area contributed by atoms with Gasteiger partial charge >= 0.3 is 0 Å². The highest BCUT2D eigenvalue weighted by atomic mass is 16.1. The number of aromatic nitrogens is 2. The van der Waals surface area contributed by atoms with E-state index in [4.69, 9.17) is 5.73 Å². The summed E-state index contributed by atoms with van der Waals surface area (Å²) in [5.41, 5.74) is 8.08. The largest absolute Gasteiger partial charge is 0.369 e. The molecule has 0 atom stereocenters. The fraction of sp³-hybridized carbons (Fsp3) is 0.0909. The summed E-state index contributed by atoms with van der Waals surface area (Å²) in [6.45, 7) is 1.48. The van der Waals surface area contributed by atoms with E-state index < -0.39 is 0 Å². The van der Waals surface area contributed by atoms with Crippen molar-refractivity contribution in [3.63, 3.8) is 0 Å². The van der Waals surface area contributed by atoms with Gasteiger partial charge in [0.05, 0.1) is 11.9 Å². The topological polar surface area (TPSA) is 83.8 Å². The monoisotopic (exact) mass is 216 g/mol. The van der Waals surface area contributed by atoms with Gasteiger partial charge in [-0.2, -0.15) is 0 Å². The Hall–Kier alpha value is -2.30. The van der Waals surface area contributed by atoms with Crippen molar-refractivity contribution in [3.8, 4) is 11.3 Å². The van der Waals surface area contributed by atoms with Crippen LogP contribution in [0.15, 0.2) is 30.5 Å². The van der Waals surface area contributed by atoms with Crippen LogP contribution in [0, 0.1) is 0 Å². The Morgan fingerprint density at radius 1 is 1.38 bits per heavy atom. The Morgan fingerprint density at radius 3 is 2.56 bits per heavy atom. The van der Waals surface area contributed by atoms with Crippen molar-refractivity contribution in [3.05, 3.63) is 30.5 Å². The van der Waals surface area contributed by atoms with Crippen molar-refractivity contribution in [2.24, 2.45) is 0 Å². The average molecular weight is 216 g/mol. The predicted octanol–water partition coefficient (Wildman–Crippen LogP) is 1.62. The van der Waals surface area contributed by atoms with Crippen LogP contribution in [-0.4, -0.2) is 15.9 Å². The molecule has 0 saturated carbocycles. The lowest BCUT2D eigenvalue weighted by Gasteiger charge is -2.02. The molecule has 5 heteroatoms. The number of carbonyl (C=O) groups is 1. The highest BCUT2D eigenvalue weighted by Crippen LogP contribution is 2.19. The number of aromatic amines is 1. The van der Waals surface area contributed by atoms with Crippen molar-refractivity contribution >= 4 is 17.5 Å². The standard InChI is InChI=1S/C11H12N4O/c1-7(16)14-9-4-2-8(3-5-9)10-6-13-11(12)15-10/h2-6H,1H3,(H,14,16)(H3,12,13,15). The van der Waals surface area contributed by atoms with Gasteiger partial charge in [0.25, 0.3) is 0 Å². The lowest BCUT2D eigenvalue weighted by atomic mass is 10.1. The van der Waals surface area contributed by atoms with Crippen LogP contribution >= 0.6 is 0 Å². The molecule has 1 aromatic heterocycles. The molecule has 0 aliphatic heterocycles. The molecule has 5 nitrogen and oxygen atoms in total. The van der Waals surface area contributed by atoms with E-state index in [2.05, 4.69) is 15.3 Å². The summed E-state index contributed by atoms with van der Waals surface area (Å²) in [6.07, 6.45) is 1.67. The summed E-state index contributed by atoms with van der Waals surface area (Å²) in [7, 11) is 0. The second-order valence-electron chi connectivity index (χ2n) is 3.44. The molecule has 2 rings (SSSR count). The number of amides is 1. The van der Waals surface area contributed by atoms with Crippen molar-refractivity contribution in [2.45, 2.75) is 6.92 Å². The minimum absolute atomic E-state index is 0.0847. The summed E-state index contributed by atoms with van der Waals surface area (Å²) in [6, 6.07) is 7.43. The van der Waals surface area contributed by atoms with Crippen LogP contribution in [0.1, 0.15) is 6.92 Å². The molecular formula is C11H12N4O. The Labute approximate surface area is 92.7 Å². The number of nitrogen functional groups attached to an aromatic ring is 1. The minimum atomic E-state index is -0.0847. The normalized spacial score (nSPS) is 10.1. The van der Waals surface area contributed by atoms with Crippen LogP contribution < -0.4 is 11.1 Å². The minimum Gasteiger partial charge on any atom is -0.369 e. The molecule has 1 aromatic carbocycles. The number of hydrogen-bond acceptors (Lipinski definition) is 3. The highest BCUT2D eigenvalue weighted by Gasteiger charge is 2.01. The van der Waals surface area contributed by atoms with Crippen LogP contribution in [0.25, 0.3) is 11.3 Å². The zero-order chi connectivity index (χ0) is 11.5. The third-order valence-electron chi connectivity index (χ3n) is 2.11. The first-order valence-corrected chi connectivity index (χ1v) is 4.83. The smallest absolute Gasteiger partial charge is 0.221 e. The Balaban J connectivity index is 2.22. The van der Waals surface area contributed by atoms with Gasteiger partial charge in [-0.05, 0) is 17.7 Å².